The Hall–Kier alpha value is -1.43. The van der Waals surface area contributed by atoms with Crippen LogP contribution in [0.2, 0.25) is 0 Å². The van der Waals surface area contributed by atoms with E-state index in [2.05, 4.69) is 26.2 Å². The van der Waals surface area contributed by atoms with E-state index in [1.165, 1.54) is 4.68 Å². The highest BCUT2D eigenvalue weighted by Gasteiger charge is 2.16. The Morgan fingerprint density at radius 1 is 1.57 bits per heavy atom. The summed E-state index contributed by atoms with van der Waals surface area (Å²) in [5.74, 6) is -0.0267. The number of furan rings is 1. The average Bonchev–Trinajstić information content (AvgIpc) is 2.73. The zero-order chi connectivity index (χ0) is 10.1. The van der Waals surface area contributed by atoms with E-state index in [1.54, 1.807) is 25.4 Å². The summed E-state index contributed by atoms with van der Waals surface area (Å²) in [5.41, 5.74) is 0.273. The highest BCUT2D eigenvalue weighted by Crippen LogP contribution is 2.16. The van der Waals surface area contributed by atoms with Crippen molar-refractivity contribution in [1.29, 1.82) is 0 Å². The fraction of sp³-hybridized carbons (Fsp3) is 0.125. The molecule has 0 amide bonds. The molecule has 0 atom stereocenters. The number of hydrogen-bond acceptors (Lipinski definition) is 4. The van der Waals surface area contributed by atoms with Gasteiger partial charge in [0.05, 0.1) is 6.20 Å². The molecular weight excluding hydrogens is 250 g/mol. The number of aryl methyl sites for hydroxylation is 1. The van der Waals surface area contributed by atoms with E-state index < -0.39 is 0 Å². The third-order valence-electron chi connectivity index (χ3n) is 1.63. The number of ketones is 1. The number of carbonyl (C=O) groups is 1. The number of aromatic nitrogens is 3. The van der Waals surface area contributed by atoms with Crippen LogP contribution in [0, 0.1) is 0 Å². The molecule has 0 radical (unpaired) electrons. The van der Waals surface area contributed by atoms with Crippen LogP contribution < -0.4 is 0 Å². The summed E-state index contributed by atoms with van der Waals surface area (Å²) >= 11 is 3.12. The fourth-order valence-corrected chi connectivity index (χ4v) is 1.32. The first-order chi connectivity index (χ1) is 6.66. The molecule has 0 N–H and O–H groups in total. The Labute approximate surface area is 87.8 Å². The Kier molecular flexibility index (Phi) is 2.20. The van der Waals surface area contributed by atoms with Crippen LogP contribution in [0.25, 0.3) is 0 Å². The predicted molar refractivity (Wildman–Crippen MR) is 50.8 cm³/mol. The smallest absolute Gasteiger partial charge is 0.250 e. The SMILES string of the molecule is Cn1cc(C(=O)c2ccc(Br)o2)nn1. The monoisotopic (exact) mass is 255 g/mol. The Balaban J connectivity index is 2.33. The topological polar surface area (TPSA) is 60.9 Å². The molecule has 72 valence electrons. The van der Waals surface area contributed by atoms with E-state index in [0.29, 0.717) is 4.67 Å². The van der Waals surface area contributed by atoms with E-state index in [4.69, 9.17) is 4.42 Å². The van der Waals surface area contributed by atoms with Crippen LogP contribution in [-0.2, 0) is 7.05 Å². The van der Waals surface area contributed by atoms with E-state index in [0.717, 1.165) is 0 Å². The van der Waals surface area contributed by atoms with Gasteiger partial charge in [0.15, 0.2) is 16.1 Å². The van der Waals surface area contributed by atoms with Crippen molar-refractivity contribution in [2.45, 2.75) is 0 Å². The minimum absolute atomic E-state index is 0.248. The van der Waals surface area contributed by atoms with Gasteiger partial charge in [-0.2, -0.15) is 0 Å². The highest BCUT2D eigenvalue weighted by molar-refractivity contribution is 9.10. The molecule has 0 spiro atoms. The lowest BCUT2D eigenvalue weighted by Gasteiger charge is -1.88. The zero-order valence-corrected chi connectivity index (χ0v) is 8.85. The molecule has 0 aliphatic carbocycles. The maximum atomic E-state index is 11.6. The summed E-state index contributed by atoms with van der Waals surface area (Å²) in [6, 6.07) is 3.24. The van der Waals surface area contributed by atoms with Gasteiger partial charge in [-0.05, 0) is 28.1 Å². The molecule has 0 aromatic carbocycles. The lowest BCUT2D eigenvalue weighted by Crippen LogP contribution is -1.99. The van der Waals surface area contributed by atoms with Crippen molar-refractivity contribution >= 4 is 21.7 Å². The average molecular weight is 256 g/mol. The summed E-state index contributed by atoms with van der Waals surface area (Å²) in [6.07, 6.45) is 1.54. The first kappa shape index (κ1) is 9.14. The van der Waals surface area contributed by atoms with E-state index in [1.807, 2.05) is 0 Å². The Bertz CT molecular complexity index is 432. The summed E-state index contributed by atoms with van der Waals surface area (Å²) in [5, 5.41) is 7.35. The van der Waals surface area contributed by atoms with Crippen molar-refractivity contribution < 1.29 is 9.21 Å². The third kappa shape index (κ3) is 1.60. The molecule has 2 heterocycles. The Morgan fingerprint density at radius 2 is 2.36 bits per heavy atom. The maximum absolute atomic E-state index is 11.6. The molecule has 0 saturated heterocycles. The van der Waals surface area contributed by atoms with Crippen LogP contribution >= 0.6 is 15.9 Å². The second-order valence-corrected chi connectivity index (χ2v) is 3.49. The van der Waals surface area contributed by atoms with Gasteiger partial charge >= 0.3 is 0 Å². The van der Waals surface area contributed by atoms with E-state index in [9.17, 15) is 4.79 Å². The molecule has 0 saturated carbocycles. The molecule has 0 unspecified atom stereocenters. The van der Waals surface area contributed by atoms with Crippen molar-refractivity contribution in [2.75, 3.05) is 0 Å². The van der Waals surface area contributed by atoms with Crippen LogP contribution in [0.5, 0.6) is 0 Å². The maximum Gasteiger partial charge on any atom is 0.250 e. The standard InChI is InChI=1S/C8H6BrN3O2/c1-12-4-5(10-11-12)8(13)6-2-3-7(9)14-6/h2-4H,1H3. The second kappa shape index (κ2) is 3.38. The predicted octanol–water partition coefficient (Wildman–Crippen LogP) is 1.40. The number of carbonyl (C=O) groups excluding carboxylic acids is 1. The number of nitrogens with zero attached hydrogens (tertiary/aromatic N) is 3. The van der Waals surface area contributed by atoms with Crippen LogP contribution in [0.1, 0.15) is 16.2 Å². The van der Waals surface area contributed by atoms with Crippen molar-refractivity contribution in [1.82, 2.24) is 15.0 Å². The van der Waals surface area contributed by atoms with Crippen molar-refractivity contribution in [2.24, 2.45) is 7.05 Å². The van der Waals surface area contributed by atoms with Gasteiger partial charge in [0.1, 0.15) is 0 Å². The molecule has 6 heteroatoms. The normalized spacial score (nSPS) is 10.4. The number of rotatable bonds is 2. The van der Waals surface area contributed by atoms with Crippen molar-refractivity contribution in [3.63, 3.8) is 0 Å². The number of halogens is 1. The van der Waals surface area contributed by atoms with Gasteiger partial charge in [0, 0.05) is 7.05 Å². The molecule has 0 aliphatic rings. The third-order valence-corrected chi connectivity index (χ3v) is 2.06. The van der Waals surface area contributed by atoms with Gasteiger partial charge in [-0.3, -0.25) is 9.48 Å². The van der Waals surface area contributed by atoms with Crippen LogP contribution in [0.4, 0.5) is 0 Å². The second-order valence-electron chi connectivity index (χ2n) is 2.71. The molecule has 2 aromatic heterocycles. The molecule has 14 heavy (non-hydrogen) atoms. The van der Waals surface area contributed by atoms with Gasteiger partial charge in [-0.1, -0.05) is 5.21 Å². The molecule has 2 rings (SSSR count). The molecule has 0 aliphatic heterocycles. The molecular formula is C8H6BrN3O2. The minimum atomic E-state index is -0.274. The van der Waals surface area contributed by atoms with E-state index >= 15 is 0 Å². The van der Waals surface area contributed by atoms with Gasteiger partial charge in [-0.15, -0.1) is 5.10 Å². The quantitative estimate of drug-likeness (QED) is 0.762. The summed E-state index contributed by atoms with van der Waals surface area (Å²) < 4.78 is 7.08. The highest BCUT2D eigenvalue weighted by atomic mass is 79.9. The lowest BCUT2D eigenvalue weighted by molar-refractivity contribution is 0.100. The summed E-state index contributed by atoms with van der Waals surface area (Å²) in [7, 11) is 1.70. The molecule has 2 aromatic rings. The first-order valence-corrected chi connectivity index (χ1v) is 4.62. The van der Waals surface area contributed by atoms with Crippen molar-refractivity contribution in [3.8, 4) is 0 Å². The number of hydrogen-bond donors (Lipinski definition) is 0. The van der Waals surface area contributed by atoms with Gasteiger partial charge < -0.3 is 4.42 Å². The van der Waals surface area contributed by atoms with Gasteiger partial charge in [0.2, 0.25) is 5.78 Å². The minimum Gasteiger partial charge on any atom is -0.446 e. The lowest BCUT2D eigenvalue weighted by atomic mass is 10.2. The van der Waals surface area contributed by atoms with Crippen molar-refractivity contribution in [3.05, 3.63) is 34.5 Å². The first-order valence-electron chi connectivity index (χ1n) is 3.83. The molecule has 0 bridgehead atoms. The van der Waals surface area contributed by atoms with Gasteiger partial charge in [-0.25, -0.2) is 0 Å². The summed E-state index contributed by atoms with van der Waals surface area (Å²) in [6.45, 7) is 0. The fourth-order valence-electron chi connectivity index (χ4n) is 1.01. The van der Waals surface area contributed by atoms with Crippen LogP contribution in [0.15, 0.2) is 27.4 Å². The van der Waals surface area contributed by atoms with E-state index in [-0.39, 0.29) is 17.2 Å². The summed E-state index contributed by atoms with van der Waals surface area (Å²) in [4.78, 5) is 11.6. The Morgan fingerprint density at radius 3 is 2.86 bits per heavy atom. The largest absolute Gasteiger partial charge is 0.446 e. The van der Waals surface area contributed by atoms with Gasteiger partial charge in [0.25, 0.3) is 0 Å². The molecule has 5 nitrogen and oxygen atoms in total. The van der Waals surface area contributed by atoms with Crippen LogP contribution in [0.3, 0.4) is 0 Å². The zero-order valence-electron chi connectivity index (χ0n) is 7.27. The molecule has 0 fully saturated rings. The van der Waals surface area contributed by atoms with Crippen LogP contribution in [-0.4, -0.2) is 20.8 Å².